The highest BCUT2D eigenvalue weighted by molar-refractivity contribution is 8.00. The maximum Gasteiger partial charge on any atom is 0.429 e. The first-order valence-corrected chi connectivity index (χ1v) is 14.3. The highest BCUT2D eigenvalue weighted by Crippen LogP contribution is 2.40. The maximum atomic E-state index is 13.1. The van der Waals surface area contributed by atoms with Crippen molar-refractivity contribution in [1.82, 2.24) is 29.2 Å². The third-order valence-corrected chi connectivity index (χ3v) is 8.24. The Morgan fingerprint density at radius 2 is 2.18 bits per heavy atom. The van der Waals surface area contributed by atoms with E-state index < -0.39 is 42.7 Å². The largest absolute Gasteiger partial charge is 0.477 e. The van der Waals surface area contributed by atoms with E-state index in [4.69, 9.17) is 9.79 Å². The third kappa shape index (κ3) is 5.21. The lowest BCUT2D eigenvalue weighted by Gasteiger charge is -2.49. The van der Waals surface area contributed by atoms with Gasteiger partial charge in [-0.1, -0.05) is 10.3 Å². The van der Waals surface area contributed by atoms with Crippen LogP contribution in [0.25, 0.3) is 5.65 Å². The molecule has 2 aliphatic rings. The van der Waals surface area contributed by atoms with Crippen molar-refractivity contribution in [3.8, 4) is 0 Å². The lowest BCUT2D eigenvalue weighted by Crippen LogP contribution is -2.71. The molecule has 5 N–H and O–H groups in total. The van der Waals surface area contributed by atoms with Gasteiger partial charge in [0.2, 0.25) is 16.7 Å². The molecule has 3 aromatic rings. The zero-order chi connectivity index (χ0) is 27.9. The van der Waals surface area contributed by atoms with Gasteiger partial charge in [0, 0.05) is 28.9 Å². The predicted octanol–water partition coefficient (Wildman–Crippen LogP) is -1.23. The fourth-order valence-electron chi connectivity index (χ4n) is 4.06. The van der Waals surface area contributed by atoms with Crippen LogP contribution in [0, 0.1) is 0 Å². The van der Waals surface area contributed by atoms with Crippen molar-refractivity contribution >= 4 is 65.3 Å². The van der Waals surface area contributed by atoms with Gasteiger partial charge < -0.3 is 25.0 Å². The first-order chi connectivity index (χ1) is 18.6. The Kier molecular flexibility index (Phi) is 7.08. The molecular weight excluding hydrogens is 577 g/mol. The minimum absolute atomic E-state index is 0.148. The number of anilines is 1. The average Bonchev–Trinajstić information content (AvgIpc) is 3.51. The van der Waals surface area contributed by atoms with Crippen LogP contribution in [0.1, 0.15) is 5.82 Å². The predicted molar refractivity (Wildman–Crippen MR) is 134 cm³/mol. The maximum absolute atomic E-state index is 13.1. The number of carbonyl (C=O) groups excluding carboxylic acids is 2. The van der Waals surface area contributed by atoms with E-state index in [2.05, 4.69) is 29.8 Å². The van der Waals surface area contributed by atoms with Crippen LogP contribution in [-0.4, -0.2) is 86.5 Å². The number of carboxylic acids is 1. The molecular formula is C19H19N9O8PS2+. The number of β-lactam (4-membered cyclic amide) rings is 1. The quantitative estimate of drug-likeness (QED) is 0.0642. The van der Waals surface area contributed by atoms with Crippen molar-refractivity contribution in [2.24, 2.45) is 5.16 Å². The number of nitrogens with zero attached hydrogens (tertiary/aromatic N) is 7. The fraction of sp³-hybridized carbons (Fsp3) is 0.263. The van der Waals surface area contributed by atoms with Gasteiger partial charge in [-0.2, -0.15) is 9.36 Å². The van der Waals surface area contributed by atoms with Crippen LogP contribution in [0.5, 0.6) is 0 Å². The summed E-state index contributed by atoms with van der Waals surface area (Å²) in [4.78, 5) is 66.0. The van der Waals surface area contributed by atoms with E-state index in [1.165, 1.54) is 11.8 Å². The Hall–Kier alpha value is -3.90. The minimum Gasteiger partial charge on any atom is -0.477 e. The standard InChI is InChI=1S/C19H18N9O8PS2/c1-36-23-11(14-22-19(39-25-14)24-37(33,34)35)15(29)21-12-16(30)28-13(18(31)32)9(8-38-17(12)28)7-26-5-6-27-10(26)3-2-4-20-27/h2-6,12,17H,7-8H2,1H3,(H4-,21,22,24,25,29,31,32,33,34,35)/p+1/b23-11-/t12-,17-/m1/s1. The lowest BCUT2D eigenvalue weighted by molar-refractivity contribution is -0.662. The molecule has 5 heterocycles. The summed E-state index contributed by atoms with van der Waals surface area (Å²) in [5.41, 5.74) is 0.661. The summed E-state index contributed by atoms with van der Waals surface area (Å²) in [5, 5.41) is 21.1. The summed E-state index contributed by atoms with van der Waals surface area (Å²) in [6.45, 7) is 0.218. The van der Waals surface area contributed by atoms with Gasteiger partial charge in [-0.15, -0.1) is 16.3 Å². The van der Waals surface area contributed by atoms with Gasteiger partial charge in [0.15, 0.2) is 6.20 Å². The Morgan fingerprint density at radius 3 is 2.90 bits per heavy atom. The summed E-state index contributed by atoms with van der Waals surface area (Å²) in [6.07, 6.45) is 5.12. The molecule has 0 unspecified atom stereocenters. The number of carbonyl (C=O) groups is 3. The summed E-state index contributed by atoms with van der Waals surface area (Å²) >= 11 is 1.86. The number of aliphatic carboxylic acids is 1. The number of aromatic nitrogens is 5. The minimum atomic E-state index is -4.66. The zero-order valence-corrected chi connectivity index (χ0v) is 22.3. The Morgan fingerprint density at radius 1 is 1.38 bits per heavy atom. The van der Waals surface area contributed by atoms with E-state index in [-0.39, 0.29) is 29.0 Å². The number of hydrogen-bond donors (Lipinski definition) is 5. The molecule has 2 atom stereocenters. The number of rotatable bonds is 9. The second kappa shape index (κ2) is 10.3. The number of fused-ring (bicyclic) bond motifs is 2. The summed E-state index contributed by atoms with van der Waals surface area (Å²) in [5.74, 6) is -2.80. The van der Waals surface area contributed by atoms with E-state index in [1.54, 1.807) is 29.2 Å². The molecule has 1 saturated heterocycles. The van der Waals surface area contributed by atoms with Gasteiger partial charge in [-0.05, 0) is 6.07 Å². The molecule has 0 radical (unpaired) electrons. The summed E-state index contributed by atoms with van der Waals surface area (Å²) in [7, 11) is -3.50. The molecule has 204 valence electrons. The van der Waals surface area contributed by atoms with E-state index in [9.17, 15) is 24.1 Å². The van der Waals surface area contributed by atoms with Crippen molar-refractivity contribution in [2.75, 3.05) is 17.9 Å². The van der Waals surface area contributed by atoms with Gasteiger partial charge in [0.25, 0.3) is 11.8 Å². The Bertz CT molecular complexity index is 1600. The fourth-order valence-corrected chi connectivity index (χ4v) is 6.64. The molecule has 0 aliphatic carbocycles. The van der Waals surface area contributed by atoms with Crippen LogP contribution < -0.4 is 15.0 Å². The van der Waals surface area contributed by atoms with Crippen molar-refractivity contribution in [3.63, 3.8) is 0 Å². The van der Waals surface area contributed by atoms with Crippen LogP contribution in [0.4, 0.5) is 5.13 Å². The number of hydrogen-bond acceptors (Lipinski definition) is 11. The normalized spacial score (nSPS) is 19.5. The van der Waals surface area contributed by atoms with E-state index >= 15 is 0 Å². The summed E-state index contributed by atoms with van der Waals surface area (Å²) in [6, 6.07) is 2.52. The van der Waals surface area contributed by atoms with Crippen molar-refractivity contribution in [3.05, 3.63) is 47.8 Å². The van der Waals surface area contributed by atoms with Crippen LogP contribution in [0.3, 0.4) is 0 Å². The first-order valence-electron chi connectivity index (χ1n) is 10.9. The van der Waals surface area contributed by atoms with E-state index in [1.807, 2.05) is 15.7 Å². The second-order valence-electron chi connectivity index (χ2n) is 8.07. The molecule has 0 aromatic carbocycles. The molecule has 0 bridgehead atoms. The van der Waals surface area contributed by atoms with Gasteiger partial charge in [0.05, 0.1) is 6.20 Å². The number of thioether (sulfide) groups is 1. The molecule has 20 heteroatoms. The van der Waals surface area contributed by atoms with Crippen LogP contribution in [-0.2, 0) is 30.3 Å². The summed E-state index contributed by atoms with van der Waals surface area (Å²) < 4.78 is 18.5. The lowest BCUT2D eigenvalue weighted by atomic mass is 10.0. The average molecular weight is 597 g/mol. The number of imidazole rings is 1. The van der Waals surface area contributed by atoms with Gasteiger partial charge in [-0.25, -0.2) is 13.9 Å². The van der Waals surface area contributed by atoms with Crippen molar-refractivity contribution in [2.45, 2.75) is 18.0 Å². The SMILES string of the molecule is CO/N=C(\C(=O)N[C@@H]1C(=O)N2C(C(=O)O)=C(C[n+]3ccn4ncccc43)CS[C@H]12)c1nsc(NP(=O)(O)O)n1. The van der Waals surface area contributed by atoms with Crippen molar-refractivity contribution < 1.29 is 43.2 Å². The highest BCUT2D eigenvalue weighted by atomic mass is 32.2. The third-order valence-electron chi connectivity index (χ3n) is 5.61. The zero-order valence-electron chi connectivity index (χ0n) is 19.7. The van der Waals surface area contributed by atoms with Crippen LogP contribution in [0.15, 0.2) is 47.1 Å². The number of nitrogens with one attached hydrogen (secondary N) is 2. The van der Waals surface area contributed by atoms with Gasteiger partial charge >= 0.3 is 19.4 Å². The molecule has 1 fully saturated rings. The highest BCUT2D eigenvalue weighted by Gasteiger charge is 2.54. The molecule has 2 amide bonds. The topological polar surface area (TPSA) is 225 Å². The first kappa shape index (κ1) is 26.7. The molecule has 0 saturated carbocycles. The molecule has 17 nitrogen and oxygen atoms in total. The Balaban J connectivity index is 1.34. The van der Waals surface area contributed by atoms with E-state index in [0.717, 1.165) is 17.7 Å². The smallest absolute Gasteiger partial charge is 0.429 e. The van der Waals surface area contributed by atoms with Crippen LogP contribution in [0.2, 0.25) is 0 Å². The molecule has 39 heavy (non-hydrogen) atoms. The second-order valence-corrected chi connectivity index (χ2v) is 11.2. The van der Waals surface area contributed by atoms with E-state index in [0.29, 0.717) is 17.1 Å². The molecule has 3 aromatic heterocycles. The molecule has 5 rings (SSSR count). The number of carboxylic acid groups (broad SMARTS) is 1. The molecule has 0 spiro atoms. The monoisotopic (exact) mass is 596 g/mol. The molecule has 2 aliphatic heterocycles. The number of oxime groups is 1. The van der Waals surface area contributed by atoms with Crippen LogP contribution >= 0.6 is 31.0 Å². The van der Waals surface area contributed by atoms with Gasteiger partial charge in [-0.3, -0.25) is 19.6 Å². The Labute approximate surface area is 226 Å². The number of amides is 2. The van der Waals surface area contributed by atoms with Crippen molar-refractivity contribution in [1.29, 1.82) is 0 Å². The van der Waals surface area contributed by atoms with Gasteiger partial charge in [0.1, 0.15) is 37.0 Å².